The fourth-order valence-corrected chi connectivity index (χ4v) is 2.13. The van der Waals surface area contributed by atoms with Crippen molar-refractivity contribution < 1.29 is 9.50 Å². The van der Waals surface area contributed by atoms with Gasteiger partial charge in [0, 0.05) is 0 Å². The van der Waals surface area contributed by atoms with Crippen LogP contribution in [0, 0.1) is 5.82 Å². The van der Waals surface area contributed by atoms with Crippen molar-refractivity contribution in [3.05, 3.63) is 71.0 Å². The quantitative estimate of drug-likeness (QED) is 0.874. The van der Waals surface area contributed by atoms with Crippen LogP contribution < -0.4 is 0 Å². The van der Waals surface area contributed by atoms with Crippen LogP contribution >= 0.6 is 0 Å². The van der Waals surface area contributed by atoms with Gasteiger partial charge in [0.1, 0.15) is 11.4 Å². The average Bonchev–Trinajstić information content (AvgIpc) is 2.39. The third kappa shape index (κ3) is 2.85. The summed E-state index contributed by atoms with van der Waals surface area (Å²) in [7, 11) is 0. The maximum absolute atomic E-state index is 12.9. The predicted octanol–water partition coefficient (Wildman–Crippen LogP) is 4.20. The highest BCUT2D eigenvalue weighted by Crippen LogP contribution is 2.30. The minimum absolute atomic E-state index is 0.297. The van der Waals surface area contributed by atoms with Crippen LogP contribution in [0.1, 0.15) is 43.4 Å². The molecule has 1 N–H and O–H groups in total. The molecule has 19 heavy (non-hydrogen) atoms. The van der Waals surface area contributed by atoms with E-state index in [1.165, 1.54) is 17.7 Å². The summed E-state index contributed by atoms with van der Waals surface area (Å²) < 4.78 is 12.9. The lowest BCUT2D eigenvalue weighted by Gasteiger charge is -2.25. The Bertz CT molecular complexity index is 538. The highest BCUT2D eigenvalue weighted by molar-refractivity contribution is 5.37. The molecule has 2 aromatic carbocycles. The van der Waals surface area contributed by atoms with E-state index in [0.29, 0.717) is 11.5 Å². The summed E-state index contributed by atoms with van der Waals surface area (Å²) in [6, 6.07) is 13.9. The minimum atomic E-state index is -1.11. The molecule has 0 aromatic heterocycles. The lowest BCUT2D eigenvalue weighted by Crippen LogP contribution is -2.22. The maximum atomic E-state index is 12.9. The van der Waals surface area contributed by atoms with Gasteiger partial charge in [-0.05, 0) is 41.7 Å². The van der Waals surface area contributed by atoms with E-state index < -0.39 is 5.60 Å². The van der Waals surface area contributed by atoms with E-state index in [-0.39, 0.29) is 5.82 Å². The summed E-state index contributed by atoms with van der Waals surface area (Å²) in [5.74, 6) is 0.166. The molecule has 0 aliphatic rings. The Balaban J connectivity index is 2.35. The Morgan fingerprint density at radius 1 is 0.895 bits per heavy atom. The van der Waals surface area contributed by atoms with Gasteiger partial charge in [0.15, 0.2) is 0 Å². The molecule has 1 atom stereocenters. The molecule has 1 unspecified atom stereocenters. The van der Waals surface area contributed by atoms with Gasteiger partial charge in [0.25, 0.3) is 0 Å². The van der Waals surface area contributed by atoms with Crippen LogP contribution in [0.5, 0.6) is 0 Å². The average molecular weight is 258 g/mol. The zero-order valence-corrected chi connectivity index (χ0v) is 11.5. The molecule has 1 nitrogen and oxygen atoms in total. The molecule has 0 radical (unpaired) electrons. The van der Waals surface area contributed by atoms with Gasteiger partial charge >= 0.3 is 0 Å². The molecule has 0 saturated carbocycles. The number of halogens is 1. The molecular weight excluding hydrogens is 239 g/mol. The summed E-state index contributed by atoms with van der Waals surface area (Å²) >= 11 is 0. The Hall–Kier alpha value is -1.67. The lowest BCUT2D eigenvalue weighted by atomic mass is 9.87. The Morgan fingerprint density at radius 2 is 1.32 bits per heavy atom. The van der Waals surface area contributed by atoms with E-state index in [4.69, 9.17) is 0 Å². The standard InChI is InChI=1S/C17H19FO/c1-12(2)13-4-6-14(7-5-13)17(3,19)15-8-10-16(18)11-9-15/h4-12,19H,1-3H3. The fourth-order valence-electron chi connectivity index (χ4n) is 2.13. The van der Waals surface area contributed by atoms with E-state index in [1.807, 2.05) is 24.3 Å². The van der Waals surface area contributed by atoms with Crippen LogP contribution in [-0.4, -0.2) is 5.11 Å². The van der Waals surface area contributed by atoms with Crippen molar-refractivity contribution in [3.8, 4) is 0 Å². The molecule has 0 spiro atoms. The zero-order chi connectivity index (χ0) is 14.0. The third-order valence-corrected chi connectivity index (χ3v) is 3.55. The molecular formula is C17H19FO. The number of rotatable bonds is 3. The Kier molecular flexibility index (Phi) is 3.72. The predicted molar refractivity (Wildman–Crippen MR) is 75.6 cm³/mol. The summed E-state index contributed by atoms with van der Waals surface area (Å²) in [4.78, 5) is 0. The van der Waals surface area contributed by atoms with Crippen molar-refractivity contribution in [3.63, 3.8) is 0 Å². The molecule has 2 rings (SSSR count). The number of aliphatic hydroxyl groups is 1. The van der Waals surface area contributed by atoms with Crippen LogP contribution in [0.25, 0.3) is 0 Å². The summed E-state index contributed by atoms with van der Waals surface area (Å²) in [5, 5.41) is 10.7. The normalized spacial score (nSPS) is 14.4. The zero-order valence-electron chi connectivity index (χ0n) is 11.5. The van der Waals surface area contributed by atoms with Gasteiger partial charge in [-0.25, -0.2) is 4.39 Å². The molecule has 0 heterocycles. The largest absolute Gasteiger partial charge is 0.381 e. The van der Waals surface area contributed by atoms with E-state index in [2.05, 4.69) is 13.8 Å². The van der Waals surface area contributed by atoms with Crippen molar-refractivity contribution in [2.24, 2.45) is 0 Å². The van der Waals surface area contributed by atoms with Crippen molar-refractivity contribution in [1.29, 1.82) is 0 Å². The first-order valence-corrected chi connectivity index (χ1v) is 6.50. The van der Waals surface area contributed by atoms with Crippen molar-refractivity contribution in [2.75, 3.05) is 0 Å². The Labute approximate surface area is 113 Å². The first-order valence-electron chi connectivity index (χ1n) is 6.50. The van der Waals surface area contributed by atoms with Gasteiger partial charge in [-0.3, -0.25) is 0 Å². The fraction of sp³-hybridized carbons (Fsp3) is 0.294. The molecule has 2 aromatic rings. The smallest absolute Gasteiger partial charge is 0.123 e. The molecule has 100 valence electrons. The van der Waals surface area contributed by atoms with E-state index in [9.17, 15) is 9.50 Å². The summed E-state index contributed by atoms with van der Waals surface area (Å²) in [5.41, 5.74) is 1.62. The molecule has 0 saturated heterocycles. The summed E-state index contributed by atoms with van der Waals surface area (Å²) in [6.45, 7) is 5.99. The van der Waals surface area contributed by atoms with Gasteiger partial charge in [0.05, 0.1) is 0 Å². The molecule has 0 aliphatic heterocycles. The van der Waals surface area contributed by atoms with E-state index in [0.717, 1.165) is 5.56 Å². The highest BCUT2D eigenvalue weighted by atomic mass is 19.1. The van der Waals surface area contributed by atoms with E-state index >= 15 is 0 Å². The molecule has 2 heteroatoms. The topological polar surface area (TPSA) is 20.2 Å². The molecule has 0 aliphatic carbocycles. The maximum Gasteiger partial charge on any atom is 0.123 e. The van der Waals surface area contributed by atoms with Crippen LogP contribution in [0.3, 0.4) is 0 Å². The second kappa shape index (κ2) is 5.14. The van der Waals surface area contributed by atoms with Gasteiger partial charge in [0.2, 0.25) is 0 Å². The highest BCUT2D eigenvalue weighted by Gasteiger charge is 2.25. The van der Waals surface area contributed by atoms with Gasteiger partial charge in [-0.15, -0.1) is 0 Å². The monoisotopic (exact) mass is 258 g/mol. The van der Waals surface area contributed by atoms with Crippen molar-refractivity contribution in [2.45, 2.75) is 32.3 Å². The SMILES string of the molecule is CC(C)c1ccc(C(C)(O)c2ccc(F)cc2)cc1. The minimum Gasteiger partial charge on any atom is -0.381 e. The first-order chi connectivity index (χ1) is 8.91. The van der Waals surface area contributed by atoms with Gasteiger partial charge in [-0.1, -0.05) is 50.2 Å². The second-order valence-electron chi connectivity index (χ2n) is 5.36. The van der Waals surface area contributed by atoms with E-state index in [1.54, 1.807) is 19.1 Å². The third-order valence-electron chi connectivity index (χ3n) is 3.55. The van der Waals surface area contributed by atoms with Gasteiger partial charge in [-0.2, -0.15) is 0 Å². The molecule has 0 bridgehead atoms. The number of hydrogen-bond acceptors (Lipinski definition) is 1. The van der Waals surface area contributed by atoms with Crippen LogP contribution in [-0.2, 0) is 5.60 Å². The van der Waals surface area contributed by atoms with Crippen LogP contribution in [0.4, 0.5) is 4.39 Å². The van der Waals surface area contributed by atoms with Crippen LogP contribution in [0.2, 0.25) is 0 Å². The molecule has 0 fully saturated rings. The number of hydrogen-bond donors (Lipinski definition) is 1. The van der Waals surface area contributed by atoms with Crippen molar-refractivity contribution in [1.82, 2.24) is 0 Å². The van der Waals surface area contributed by atoms with Gasteiger partial charge < -0.3 is 5.11 Å². The lowest BCUT2D eigenvalue weighted by molar-refractivity contribution is 0.102. The number of benzene rings is 2. The Morgan fingerprint density at radius 3 is 1.74 bits per heavy atom. The summed E-state index contributed by atoms with van der Waals surface area (Å²) in [6.07, 6.45) is 0. The second-order valence-corrected chi connectivity index (χ2v) is 5.36. The van der Waals surface area contributed by atoms with Crippen LogP contribution in [0.15, 0.2) is 48.5 Å². The van der Waals surface area contributed by atoms with Crippen molar-refractivity contribution >= 4 is 0 Å². The molecule has 0 amide bonds. The first kappa shape index (κ1) is 13.8.